The van der Waals surface area contributed by atoms with Crippen molar-refractivity contribution in [1.82, 2.24) is 30.2 Å². The molecular formula is C51H64N12O8. The van der Waals surface area contributed by atoms with Crippen LogP contribution in [0.4, 0.5) is 32.9 Å². The zero-order chi connectivity index (χ0) is 50.9. The molecule has 376 valence electrons. The number of aryl methyl sites for hydroxylation is 4. The third kappa shape index (κ3) is 13.7. The predicted molar refractivity (Wildman–Crippen MR) is 265 cm³/mol. The van der Waals surface area contributed by atoms with Gasteiger partial charge in [0.15, 0.2) is 6.29 Å². The van der Waals surface area contributed by atoms with Crippen molar-refractivity contribution in [1.29, 1.82) is 10.5 Å². The van der Waals surface area contributed by atoms with Gasteiger partial charge in [-0.1, -0.05) is 0 Å². The van der Waals surface area contributed by atoms with E-state index in [4.69, 9.17) is 23.9 Å². The normalized spacial score (nSPS) is 15.2. The number of fused-ring (bicyclic) bond motifs is 2. The van der Waals surface area contributed by atoms with Gasteiger partial charge < -0.3 is 29.2 Å². The fourth-order valence-corrected chi connectivity index (χ4v) is 8.80. The number of likely N-dealkylation sites (N-methyl/N-ethyl adjacent to an activating group) is 1. The molecule has 4 aromatic heterocycles. The van der Waals surface area contributed by atoms with E-state index in [2.05, 4.69) is 49.1 Å². The summed E-state index contributed by atoms with van der Waals surface area (Å²) in [5.74, 6) is 1.70. The minimum absolute atomic E-state index is 0.116. The van der Waals surface area contributed by atoms with Crippen LogP contribution in [-0.2, 0) is 62.5 Å². The number of pyridine rings is 4. The number of urea groups is 2. The van der Waals surface area contributed by atoms with Gasteiger partial charge in [-0.05, 0) is 130 Å². The molecule has 5 amide bonds. The summed E-state index contributed by atoms with van der Waals surface area (Å²) in [6.45, 7) is 5.58. The molecular weight excluding hydrogens is 909 g/mol. The Kier molecular flexibility index (Phi) is 19.8. The second-order valence-corrected chi connectivity index (χ2v) is 17.5. The van der Waals surface area contributed by atoms with Crippen molar-refractivity contribution in [2.45, 2.75) is 96.4 Å². The molecule has 0 radical (unpaired) electrons. The highest BCUT2D eigenvalue weighted by Crippen LogP contribution is 2.32. The molecule has 0 spiro atoms. The second kappa shape index (κ2) is 26.3. The highest BCUT2D eigenvalue weighted by Gasteiger charge is 2.31. The smallest absolute Gasteiger partial charge is 0.328 e. The number of nitrogens with one attached hydrogen (secondary N) is 3. The average molecular weight is 973 g/mol. The van der Waals surface area contributed by atoms with Crippen LogP contribution < -0.4 is 25.8 Å². The summed E-state index contributed by atoms with van der Waals surface area (Å²) in [5.41, 5.74) is 7.16. The van der Waals surface area contributed by atoms with E-state index in [0.717, 1.165) is 72.0 Å². The number of anilines is 4. The van der Waals surface area contributed by atoms with Crippen molar-refractivity contribution in [3.8, 4) is 12.1 Å². The highest BCUT2D eigenvalue weighted by molar-refractivity contribution is 6.02. The number of hydrogen-bond donors (Lipinski definition) is 3. The molecule has 1 fully saturated rings. The number of amides is 5. The maximum Gasteiger partial charge on any atom is 0.328 e. The number of aromatic nitrogens is 4. The molecule has 4 aromatic rings. The maximum atomic E-state index is 13.2. The minimum atomic E-state index is -0.444. The number of nitrogens with zero attached hydrogens (tertiary/aromatic N) is 9. The Morgan fingerprint density at radius 1 is 0.831 bits per heavy atom. The first-order chi connectivity index (χ1) is 34.5. The zero-order valence-electron chi connectivity index (χ0n) is 41.5. The lowest BCUT2D eigenvalue weighted by atomic mass is 10.0. The van der Waals surface area contributed by atoms with Gasteiger partial charge in [-0.3, -0.25) is 30.0 Å². The third-order valence-corrected chi connectivity index (χ3v) is 12.5. The van der Waals surface area contributed by atoms with Crippen molar-refractivity contribution >= 4 is 47.5 Å². The molecule has 7 heterocycles. The van der Waals surface area contributed by atoms with Crippen LogP contribution in [-0.4, -0.2) is 124 Å². The molecule has 0 aromatic carbocycles. The Balaban J connectivity index is 0.000000235. The fourth-order valence-electron chi connectivity index (χ4n) is 8.80. The Hall–Kier alpha value is -6.94. The number of methoxy groups -OCH3 is 3. The number of ether oxygens (including phenoxy) is 4. The zero-order valence-corrected chi connectivity index (χ0v) is 41.5. The largest absolute Gasteiger partial charge is 0.385 e. The van der Waals surface area contributed by atoms with Gasteiger partial charge >= 0.3 is 12.1 Å². The quantitative estimate of drug-likeness (QED) is 0.0742. The first-order valence-electron chi connectivity index (χ1n) is 23.9. The molecule has 7 rings (SSSR count). The van der Waals surface area contributed by atoms with Gasteiger partial charge in [0.05, 0.1) is 22.9 Å². The summed E-state index contributed by atoms with van der Waals surface area (Å²) >= 11 is 0. The first-order valence-corrected chi connectivity index (χ1v) is 23.9. The van der Waals surface area contributed by atoms with Gasteiger partial charge in [0.2, 0.25) is 0 Å². The van der Waals surface area contributed by atoms with Gasteiger partial charge in [-0.15, -0.1) is 0 Å². The van der Waals surface area contributed by atoms with Crippen LogP contribution in [0.3, 0.4) is 0 Å². The van der Waals surface area contributed by atoms with Crippen LogP contribution in [0.1, 0.15) is 112 Å². The third-order valence-electron chi connectivity index (χ3n) is 12.5. The van der Waals surface area contributed by atoms with E-state index in [1.165, 1.54) is 17.3 Å². The van der Waals surface area contributed by atoms with Gasteiger partial charge in [0.25, 0.3) is 5.91 Å². The summed E-state index contributed by atoms with van der Waals surface area (Å²) in [5, 5.41) is 27.6. The Morgan fingerprint density at radius 2 is 1.38 bits per heavy atom. The molecule has 3 aliphatic rings. The standard InChI is InChI=1S/C27H32N6O5.C24H32N6O3/c1-32(26(35)23-8-5-11-38-23)16-20-12-19-6-3-9-33(25(19)30-22(20)17-34)27(36)31-24-13-18(7-4-10-37-2)21(14-28)15-29-24;1-16(33-4)22-19(14-26-2)11-18-7-5-9-30(23(18)29-22)24(31)28-21-12-17(8-6-10-32-3)20(13-25)15-27-21/h12-13,15,17,23H,3-11,16H2,1-2H3,(H,29,31,36);11-12,15-16,26H,5-10,14H2,1-4H3,(H,27,28,31)/t23-;/m1./s1. The number of aldehydes is 1. The van der Waals surface area contributed by atoms with Crippen LogP contribution in [0.5, 0.6) is 0 Å². The number of carbonyl (C=O) groups is 4. The van der Waals surface area contributed by atoms with Crippen molar-refractivity contribution < 1.29 is 38.1 Å². The van der Waals surface area contributed by atoms with E-state index in [0.29, 0.717) is 111 Å². The number of carbonyl (C=O) groups excluding carboxylic acids is 4. The van der Waals surface area contributed by atoms with Crippen LogP contribution in [0, 0.1) is 22.7 Å². The molecule has 2 atom stereocenters. The molecule has 0 aliphatic carbocycles. The van der Waals surface area contributed by atoms with Crippen molar-refractivity contribution in [3.05, 3.63) is 92.6 Å². The average Bonchev–Trinajstić information content (AvgIpc) is 3.93. The molecule has 1 unspecified atom stereocenters. The molecule has 20 nitrogen and oxygen atoms in total. The van der Waals surface area contributed by atoms with E-state index < -0.39 is 12.1 Å². The van der Waals surface area contributed by atoms with Crippen LogP contribution in [0.15, 0.2) is 36.7 Å². The van der Waals surface area contributed by atoms with E-state index >= 15 is 0 Å². The van der Waals surface area contributed by atoms with Crippen molar-refractivity contribution in [2.24, 2.45) is 0 Å². The fraction of sp³-hybridized carbons (Fsp3) is 0.490. The molecule has 3 N–H and O–H groups in total. The molecule has 1 saturated heterocycles. The second-order valence-electron chi connectivity index (χ2n) is 17.5. The molecule has 0 bridgehead atoms. The predicted octanol–water partition coefficient (Wildman–Crippen LogP) is 6.20. The lowest BCUT2D eigenvalue weighted by Gasteiger charge is -2.30. The van der Waals surface area contributed by atoms with Crippen LogP contribution >= 0.6 is 0 Å². The van der Waals surface area contributed by atoms with E-state index in [-0.39, 0.29) is 30.3 Å². The molecule has 0 saturated carbocycles. The van der Waals surface area contributed by atoms with Crippen molar-refractivity contribution in [3.63, 3.8) is 0 Å². The van der Waals surface area contributed by atoms with Gasteiger partial charge in [-0.2, -0.15) is 10.5 Å². The summed E-state index contributed by atoms with van der Waals surface area (Å²) in [6, 6.07) is 11.0. The van der Waals surface area contributed by atoms with Gasteiger partial charge in [-0.25, -0.2) is 29.5 Å². The lowest BCUT2D eigenvalue weighted by Crippen LogP contribution is -2.40. The topological polar surface area (TPSA) is 250 Å². The van der Waals surface area contributed by atoms with E-state index in [9.17, 15) is 29.7 Å². The van der Waals surface area contributed by atoms with Gasteiger partial charge in [0, 0.05) is 92.3 Å². The molecule has 20 heteroatoms. The number of hydrogen-bond acceptors (Lipinski definition) is 15. The number of nitriles is 2. The Bertz CT molecular complexity index is 2610. The van der Waals surface area contributed by atoms with E-state index in [1.807, 2.05) is 20.0 Å². The summed E-state index contributed by atoms with van der Waals surface area (Å²) in [6.07, 6.45) is 10.4. The Labute approximate surface area is 415 Å². The highest BCUT2D eigenvalue weighted by atomic mass is 16.5. The molecule has 71 heavy (non-hydrogen) atoms. The summed E-state index contributed by atoms with van der Waals surface area (Å²) in [4.78, 5) is 73.7. The summed E-state index contributed by atoms with van der Waals surface area (Å²) < 4.78 is 21.2. The van der Waals surface area contributed by atoms with Crippen molar-refractivity contribution in [2.75, 3.05) is 88.8 Å². The van der Waals surface area contributed by atoms with Gasteiger partial charge in [0.1, 0.15) is 47.2 Å². The Morgan fingerprint density at radius 3 is 1.86 bits per heavy atom. The minimum Gasteiger partial charge on any atom is -0.385 e. The van der Waals surface area contributed by atoms with Crippen LogP contribution in [0.25, 0.3) is 0 Å². The summed E-state index contributed by atoms with van der Waals surface area (Å²) in [7, 11) is 8.51. The first kappa shape index (κ1) is 53.4. The maximum absolute atomic E-state index is 13.2. The molecule has 3 aliphatic heterocycles. The van der Waals surface area contributed by atoms with Crippen LogP contribution in [0.2, 0.25) is 0 Å². The van der Waals surface area contributed by atoms with E-state index in [1.54, 1.807) is 50.3 Å². The lowest BCUT2D eigenvalue weighted by molar-refractivity contribution is -0.140. The monoisotopic (exact) mass is 972 g/mol. The number of rotatable bonds is 18. The SMILES string of the molecule is CNCc1cc2c(nc1C(C)OC)N(C(=O)Nc1cc(CCCOC)c(C#N)cn1)CCC2.COCCCc1cc(NC(=O)N2CCCc3cc(CN(C)C(=O)[C@H]4CCCO4)c(C=O)nc32)ncc1C#N.